The van der Waals surface area contributed by atoms with E-state index in [-0.39, 0.29) is 11.8 Å². The monoisotopic (exact) mass is 322 g/mol. The Hall–Kier alpha value is -1.62. The van der Waals surface area contributed by atoms with Gasteiger partial charge in [0.2, 0.25) is 5.91 Å². The van der Waals surface area contributed by atoms with Crippen molar-refractivity contribution in [2.24, 2.45) is 5.73 Å². The lowest BCUT2D eigenvalue weighted by atomic mass is 9.94. The van der Waals surface area contributed by atoms with E-state index in [0.29, 0.717) is 30.2 Å². The van der Waals surface area contributed by atoms with Crippen molar-refractivity contribution in [1.82, 2.24) is 4.90 Å². The zero-order valence-corrected chi connectivity index (χ0v) is 14.3. The van der Waals surface area contributed by atoms with Gasteiger partial charge < -0.3 is 10.5 Å². The molecule has 1 aliphatic heterocycles. The first-order chi connectivity index (χ1) is 11.0. The van der Waals surface area contributed by atoms with Gasteiger partial charge in [0.1, 0.15) is 6.61 Å². The van der Waals surface area contributed by atoms with Crippen LogP contribution in [-0.4, -0.2) is 36.0 Å². The molecule has 1 atom stereocenters. The van der Waals surface area contributed by atoms with Crippen LogP contribution in [0.4, 0.5) is 4.39 Å². The molecule has 2 N–H and O–H groups in total. The smallest absolute Gasteiger partial charge is 0.249 e. The van der Waals surface area contributed by atoms with Crippen molar-refractivity contribution in [3.63, 3.8) is 0 Å². The molecule has 1 aromatic rings. The lowest BCUT2D eigenvalue weighted by molar-refractivity contribution is 0.0727. The Kier molecular flexibility index (Phi) is 5.99. The molecule has 0 fully saturated rings. The highest BCUT2D eigenvalue weighted by atomic mass is 19.1. The van der Waals surface area contributed by atoms with Gasteiger partial charge in [0.25, 0.3) is 0 Å². The molecule has 1 aromatic carbocycles. The van der Waals surface area contributed by atoms with Crippen molar-refractivity contribution in [2.45, 2.75) is 58.5 Å². The molecule has 1 unspecified atom stereocenters. The van der Waals surface area contributed by atoms with E-state index in [1.165, 1.54) is 12.1 Å². The molecule has 128 valence electrons. The molecule has 1 aliphatic rings. The lowest BCUT2D eigenvalue weighted by Crippen LogP contribution is -2.49. The van der Waals surface area contributed by atoms with Crippen LogP contribution in [0.3, 0.4) is 0 Å². The van der Waals surface area contributed by atoms with E-state index in [1.807, 2.05) is 0 Å². The Bertz CT molecular complexity index is 558. The number of halogens is 1. The summed E-state index contributed by atoms with van der Waals surface area (Å²) in [6, 6.07) is 3.33. The van der Waals surface area contributed by atoms with Crippen molar-refractivity contribution in [3.8, 4) is 5.75 Å². The number of primary amides is 1. The zero-order chi connectivity index (χ0) is 17.0. The molecule has 0 spiro atoms. The van der Waals surface area contributed by atoms with Gasteiger partial charge in [-0.05, 0) is 44.4 Å². The number of amides is 1. The molecule has 0 radical (unpaired) electrons. The van der Waals surface area contributed by atoms with E-state index in [4.69, 9.17) is 10.5 Å². The standard InChI is InChI=1S/C18H27FN2O2/c1-4-9-21(12(5-2)6-3)13-10-15-14(18(20)22)7-8-16(19)17(15)23-11-13/h7-8,12-13H,4-6,9-11H2,1-3H3,(H2,20,22). The van der Waals surface area contributed by atoms with Gasteiger partial charge in [-0.2, -0.15) is 0 Å². The molecule has 0 saturated carbocycles. The Labute approximate surface area is 137 Å². The maximum Gasteiger partial charge on any atom is 0.249 e. The first-order valence-electron chi connectivity index (χ1n) is 8.53. The molecular formula is C18H27FN2O2. The molecule has 0 aromatic heterocycles. The van der Waals surface area contributed by atoms with Gasteiger partial charge in [0.05, 0.1) is 0 Å². The molecule has 4 nitrogen and oxygen atoms in total. The molecule has 5 heteroatoms. The number of ether oxygens (including phenoxy) is 1. The van der Waals surface area contributed by atoms with Gasteiger partial charge in [-0.15, -0.1) is 0 Å². The van der Waals surface area contributed by atoms with Crippen LogP contribution < -0.4 is 10.5 Å². The Morgan fingerprint density at radius 1 is 1.39 bits per heavy atom. The highest BCUT2D eigenvalue weighted by Crippen LogP contribution is 2.33. The second-order valence-electron chi connectivity index (χ2n) is 6.14. The fourth-order valence-corrected chi connectivity index (χ4v) is 3.56. The Balaban J connectivity index is 2.33. The minimum atomic E-state index is -0.532. The number of nitrogens with zero attached hydrogens (tertiary/aromatic N) is 1. The van der Waals surface area contributed by atoms with Crippen molar-refractivity contribution < 1.29 is 13.9 Å². The third kappa shape index (κ3) is 3.66. The van der Waals surface area contributed by atoms with E-state index >= 15 is 0 Å². The van der Waals surface area contributed by atoms with Crippen LogP contribution in [-0.2, 0) is 6.42 Å². The van der Waals surface area contributed by atoms with Crippen LogP contribution in [0.5, 0.6) is 5.75 Å². The third-order valence-corrected chi connectivity index (χ3v) is 4.70. The second kappa shape index (κ2) is 7.77. The first kappa shape index (κ1) is 17.7. The highest BCUT2D eigenvalue weighted by Gasteiger charge is 2.32. The van der Waals surface area contributed by atoms with Gasteiger partial charge in [0, 0.05) is 23.2 Å². The molecule has 1 heterocycles. The van der Waals surface area contributed by atoms with Crippen LogP contribution in [0.15, 0.2) is 12.1 Å². The number of nitrogens with two attached hydrogens (primary N) is 1. The normalized spacial score (nSPS) is 17.2. The van der Waals surface area contributed by atoms with Crippen molar-refractivity contribution >= 4 is 5.91 Å². The van der Waals surface area contributed by atoms with Crippen LogP contribution in [0.2, 0.25) is 0 Å². The molecule has 1 amide bonds. The number of carbonyl (C=O) groups is 1. The molecule has 0 saturated heterocycles. The predicted octanol–water partition coefficient (Wildman–Crippen LogP) is 3.13. The van der Waals surface area contributed by atoms with Gasteiger partial charge in [-0.1, -0.05) is 20.8 Å². The highest BCUT2D eigenvalue weighted by molar-refractivity contribution is 5.95. The largest absolute Gasteiger partial charge is 0.489 e. The maximum atomic E-state index is 14.0. The van der Waals surface area contributed by atoms with Crippen LogP contribution in [0, 0.1) is 5.82 Å². The number of fused-ring (bicyclic) bond motifs is 1. The zero-order valence-electron chi connectivity index (χ0n) is 14.3. The second-order valence-corrected chi connectivity index (χ2v) is 6.14. The summed E-state index contributed by atoms with van der Waals surface area (Å²) in [6.45, 7) is 7.94. The molecular weight excluding hydrogens is 295 g/mol. The quantitative estimate of drug-likeness (QED) is 0.839. The number of hydrogen-bond acceptors (Lipinski definition) is 3. The molecule has 0 aliphatic carbocycles. The number of rotatable bonds is 7. The summed E-state index contributed by atoms with van der Waals surface area (Å²) in [6.07, 6.45) is 3.77. The van der Waals surface area contributed by atoms with E-state index < -0.39 is 11.7 Å². The van der Waals surface area contributed by atoms with Crippen molar-refractivity contribution in [1.29, 1.82) is 0 Å². The van der Waals surface area contributed by atoms with E-state index in [0.717, 1.165) is 25.8 Å². The molecule has 2 rings (SSSR count). The summed E-state index contributed by atoms with van der Waals surface area (Å²) in [5, 5.41) is 0. The summed E-state index contributed by atoms with van der Waals surface area (Å²) in [4.78, 5) is 14.1. The van der Waals surface area contributed by atoms with E-state index in [9.17, 15) is 9.18 Å². The van der Waals surface area contributed by atoms with Crippen LogP contribution in [0.25, 0.3) is 0 Å². The number of benzene rings is 1. The minimum absolute atomic E-state index is 0.146. The molecule has 0 bridgehead atoms. The maximum absolute atomic E-state index is 14.0. The average molecular weight is 322 g/mol. The van der Waals surface area contributed by atoms with Gasteiger partial charge in [-0.3, -0.25) is 9.69 Å². The number of hydrogen-bond donors (Lipinski definition) is 1. The summed E-state index contributed by atoms with van der Waals surface area (Å²) in [5.41, 5.74) is 6.43. The summed E-state index contributed by atoms with van der Waals surface area (Å²) in [7, 11) is 0. The SMILES string of the molecule is CCCN(C(CC)CC)C1COc2c(F)ccc(C(N)=O)c2C1. The van der Waals surface area contributed by atoms with Gasteiger partial charge in [0.15, 0.2) is 11.6 Å². The fourth-order valence-electron chi connectivity index (χ4n) is 3.56. The predicted molar refractivity (Wildman–Crippen MR) is 89.3 cm³/mol. The Morgan fingerprint density at radius 2 is 2.09 bits per heavy atom. The number of carbonyl (C=O) groups excluding carboxylic acids is 1. The summed E-state index contributed by atoms with van der Waals surface area (Å²) in [5.74, 6) is -0.762. The third-order valence-electron chi connectivity index (χ3n) is 4.70. The summed E-state index contributed by atoms with van der Waals surface area (Å²) < 4.78 is 19.7. The van der Waals surface area contributed by atoms with Gasteiger partial charge in [-0.25, -0.2) is 4.39 Å². The molecule has 23 heavy (non-hydrogen) atoms. The van der Waals surface area contributed by atoms with E-state index in [1.54, 1.807) is 0 Å². The minimum Gasteiger partial charge on any atom is -0.489 e. The van der Waals surface area contributed by atoms with Crippen LogP contribution >= 0.6 is 0 Å². The Morgan fingerprint density at radius 3 is 2.65 bits per heavy atom. The van der Waals surface area contributed by atoms with Crippen molar-refractivity contribution in [2.75, 3.05) is 13.2 Å². The van der Waals surface area contributed by atoms with E-state index in [2.05, 4.69) is 25.7 Å². The summed E-state index contributed by atoms with van der Waals surface area (Å²) >= 11 is 0. The fraction of sp³-hybridized carbons (Fsp3) is 0.611. The van der Waals surface area contributed by atoms with Gasteiger partial charge >= 0.3 is 0 Å². The van der Waals surface area contributed by atoms with Crippen LogP contribution in [0.1, 0.15) is 56.0 Å². The topological polar surface area (TPSA) is 55.6 Å². The lowest BCUT2D eigenvalue weighted by Gasteiger charge is -2.40. The first-order valence-corrected chi connectivity index (χ1v) is 8.53. The van der Waals surface area contributed by atoms with Crippen molar-refractivity contribution in [3.05, 3.63) is 29.1 Å². The average Bonchev–Trinajstić information content (AvgIpc) is 2.54.